The van der Waals surface area contributed by atoms with Crippen molar-refractivity contribution in [1.82, 2.24) is 5.01 Å². The number of carboxylic acid groups (broad SMARTS) is 1. The van der Waals surface area contributed by atoms with Crippen LogP contribution in [0.3, 0.4) is 0 Å². The van der Waals surface area contributed by atoms with Crippen molar-refractivity contribution in [2.75, 3.05) is 25.3 Å². The summed E-state index contributed by atoms with van der Waals surface area (Å²) in [6.45, 7) is 2.00. The first-order valence-corrected chi connectivity index (χ1v) is 5.98. The molecule has 16 heavy (non-hydrogen) atoms. The number of anilines is 1. The molecule has 0 bridgehead atoms. The molecule has 2 N–H and O–H groups in total. The van der Waals surface area contributed by atoms with Crippen molar-refractivity contribution in [3.63, 3.8) is 0 Å². The minimum atomic E-state index is -0.902. The molecular formula is C11H16N2O2S. The Bertz CT molecular complexity index is 380. The van der Waals surface area contributed by atoms with Crippen LogP contribution < -0.4 is 5.43 Å². The number of benzene rings is 1. The molecule has 5 heteroatoms. The molecule has 0 aromatic heterocycles. The van der Waals surface area contributed by atoms with Gasteiger partial charge in [-0.25, -0.2) is 9.80 Å². The molecule has 1 rings (SSSR count). The van der Waals surface area contributed by atoms with Crippen LogP contribution in [0.5, 0.6) is 0 Å². The topological polar surface area (TPSA) is 52.6 Å². The largest absolute Gasteiger partial charge is 0.478 e. The maximum Gasteiger partial charge on any atom is 0.339 e. The number of rotatable bonds is 5. The van der Waals surface area contributed by atoms with E-state index in [2.05, 4.69) is 5.43 Å². The summed E-state index contributed by atoms with van der Waals surface area (Å²) in [5.74, 6) is -0.0491. The van der Waals surface area contributed by atoms with Gasteiger partial charge in [0.25, 0.3) is 0 Å². The maximum absolute atomic E-state index is 11.2. The van der Waals surface area contributed by atoms with Gasteiger partial charge in [-0.15, -0.1) is 11.8 Å². The van der Waals surface area contributed by atoms with E-state index in [-0.39, 0.29) is 0 Å². The maximum atomic E-state index is 11.2. The van der Waals surface area contributed by atoms with Gasteiger partial charge in [0, 0.05) is 19.0 Å². The summed E-state index contributed by atoms with van der Waals surface area (Å²) < 4.78 is 0. The number of carbonyl (C=O) groups is 1. The third kappa shape index (κ3) is 3.15. The first-order chi connectivity index (χ1) is 7.56. The Kier molecular flexibility index (Phi) is 4.64. The van der Waals surface area contributed by atoms with Gasteiger partial charge in [0.2, 0.25) is 0 Å². The number of hydrogen-bond donors (Lipinski definition) is 2. The second kappa shape index (κ2) is 5.77. The minimum absolute atomic E-state index is 0.336. The second-order valence-electron chi connectivity index (χ2n) is 3.42. The molecule has 0 radical (unpaired) electrons. The number of hydrazine groups is 1. The molecular weight excluding hydrogens is 224 g/mol. The van der Waals surface area contributed by atoms with E-state index in [0.29, 0.717) is 11.3 Å². The van der Waals surface area contributed by atoms with Gasteiger partial charge < -0.3 is 10.5 Å². The van der Waals surface area contributed by atoms with Crippen molar-refractivity contribution in [1.29, 1.82) is 0 Å². The number of nitrogens with zero attached hydrogens (tertiary/aromatic N) is 1. The fourth-order valence-electron chi connectivity index (χ4n) is 1.36. The van der Waals surface area contributed by atoms with Crippen LogP contribution in [-0.2, 0) is 0 Å². The average Bonchev–Trinajstić information content (AvgIpc) is 2.16. The van der Waals surface area contributed by atoms with Crippen LogP contribution in [0.1, 0.15) is 17.3 Å². The highest BCUT2D eigenvalue weighted by molar-refractivity contribution is 7.99. The molecule has 0 heterocycles. The van der Waals surface area contributed by atoms with Crippen molar-refractivity contribution in [2.24, 2.45) is 0 Å². The molecule has 0 unspecified atom stereocenters. The SMILES string of the molecule is CCSc1cccc(NN(C)C)c1C(=O)O. The Balaban J connectivity index is 3.16. The molecule has 88 valence electrons. The minimum Gasteiger partial charge on any atom is -0.478 e. The van der Waals surface area contributed by atoms with E-state index in [4.69, 9.17) is 0 Å². The van der Waals surface area contributed by atoms with Crippen LogP contribution in [0.2, 0.25) is 0 Å². The van der Waals surface area contributed by atoms with Crippen LogP contribution in [0, 0.1) is 0 Å². The summed E-state index contributed by atoms with van der Waals surface area (Å²) in [5, 5.41) is 10.9. The summed E-state index contributed by atoms with van der Waals surface area (Å²) in [5.41, 5.74) is 3.95. The number of carboxylic acids is 1. The van der Waals surface area contributed by atoms with E-state index in [1.807, 2.05) is 33.2 Å². The highest BCUT2D eigenvalue weighted by atomic mass is 32.2. The van der Waals surface area contributed by atoms with Gasteiger partial charge in [-0.2, -0.15) is 0 Å². The van der Waals surface area contributed by atoms with E-state index in [9.17, 15) is 9.90 Å². The predicted octanol–water partition coefficient (Wildman–Crippen LogP) is 2.39. The first-order valence-electron chi connectivity index (χ1n) is 4.99. The lowest BCUT2D eigenvalue weighted by molar-refractivity contribution is 0.0694. The Morgan fingerprint density at radius 2 is 2.19 bits per heavy atom. The molecule has 0 spiro atoms. The first kappa shape index (κ1) is 12.9. The van der Waals surface area contributed by atoms with E-state index < -0.39 is 5.97 Å². The quantitative estimate of drug-likeness (QED) is 0.611. The number of thioether (sulfide) groups is 1. The Morgan fingerprint density at radius 1 is 1.50 bits per heavy atom. The predicted molar refractivity (Wildman–Crippen MR) is 67.1 cm³/mol. The molecule has 0 aliphatic heterocycles. The van der Waals surface area contributed by atoms with Crippen LogP contribution in [-0.4, -0.2) is 35.9 Å². The van der Waals surface area contributed by atoms with Crippen molar-refractivity contribution in [2.45, 2.75) is 11.8 Å². The molecule has 0 aliphatic carbocycles. The summed E-state index contributed by atoms with van der Waals surface area (Å²) in [6.07, 6.45) is 0. The van der Waals surface area contributed by atoms with Crippen molar-refractivity contribution in [3.8, 4) is 0 Å². The highest BCUT2D eigenvalue weighted by Gasteiger charge is 2.15. The molecule has 0 amide bonds. The molecule has 0 fully saturated rings. The van der Waals surface area contributed by atoms with Crippen LogP contribution >= 0.6 is 11.8 Å². The Morgan fingerprint density at radius 3 is 2.69 bits per heavy atom. The van der Waals surface area contributed by atoms with Gasteiger partial charge in [0.1, 0.15) is 0 Å². The second-order valence-corrected chi connectivity index (χ2v) is 4.73. The average molecular weight is 240 g/mol. The fourth-order valence-corrected chi connectivity index (χ4v) is 2.19. The smallest absolute Gasteiger partial charge is 0.339 e. The zero-order chi connectivity index (χ0) is 12.1. The summed E-state index contributed by atoms with van der Waals surface area (Å²) >= 11 is 1.53. The van der Waals surface area contributed by atoms with E-state index >= 15 is 0 Å². The standard InChI is InChI=1S/C11H16N2O2S/c1-4-16-9-7-5-6-8(12-13(2)3)10(9)11(14)15/h5-7,12H,4H2,1-3H3,(H,14,15). The van der Waals surface area contributed by atoms with E-state index in [1.54, 1.807) is 11.1 Å². The van der Waals surface area contributed by atoms with E-state index in [0.717, 1.165) is 10.6 Å². The fraction of sp³-hybridized carbons (Fsp3) is 0.364. The zero-order valence-corrected chi connectivity index (χ0v) is 10.5. The number of nitrogens with one attached hydrogen (secondary N) is 1. The summed E-state index contributed by atoms with van der Waals surface area (Å²) in [6, 6.07) is 5.46. The lowest BCUT2D eigenvalue weighted by Gasteiger charge is -2.17. The third-order valence-electron chi connectivity index (χ3n) is 1.88. The van der Waals surface area contributed by atoms with Crippen LogP contribution in [0.25, 0.3) is 0 Å². The Hall–Kier alpha value is -1.20. The zero-order valence-electron chi connectivity index (χ0n) is 9.65. The van der Waals surface area contributed by atoms with Gasteiger partial charge in [0.15, 0.2) is 0 Å². The number of hydrogen-bond acceptors (Lipinski definition) is 4. The summed E-state index contributed by atoms with van der Waals surface area (Å²) in [7, 11) is 3.65. The van der Waals surface area contributed by atoms with Gasteiger partial charge in [-0.1, -0.05) is 13.0 Å². The molecule has 1 aromatic carbocycles. The Labute approximate surface area is 99.6 Å². The van der Waals surface area contributed by atoms with Gasteiger partial charge in [-0.3, -0.25) is 0 Å². The molecule has 0 saturated carbocycles. The van der Waals surface area contributed by atoms with Crippen LogP contribution in [0.15, 0.2) is 23.1 Å². The molecule has 0 aliphatic rings. The van der Waals surface area contributed by atoms with Crippen molar-refractivity contribution >= 4 is 23.4 Å². The van der Waals surface area contributed by atoms with Gasteiger partial charge in [0.05, 0.1) is 11.3 Å². The van der Waals surface area contributed by atoms with Gasteiger partial charge in [-0.05, 0) is 17.9 Å². The molecule has 0 atom stereocenters. The number of aromatic carboxylic acids is 1. The summed E-state index contributed by atoms with van der Waals surface area (Å²) in [4.78, 5) is 12.0. The highest BCUT2D eigenvalue weighted by Crippen LogP contribution is 2.28. The molecule has 0 saturated heterocycles. The van der Waals surface area contributed by atoms with Crippen molar-refractivity contribution < 1.29 is 9.90 Å². The van der Waals surface area contributed by atoms with Crippen LogP contribution in [0.4, 0.5) is 5.69 Å². The monoisotopic (exact) mass is 240 g/mol. The van der Waals surface area contributed by atoms with Gasteiger partial charge >= 0.3 is 5.97 Å². The molecule has 1 aromatic rings. The normalized spacial score (nSPS) is 10.5. The third-order valence-corrected chi connectivity index (χ3v) is 2.82. The van der Waals surface area contributed by atoms with Crippen molar-refractivity contribution in [3.05, 3.63) is 23.8 Å². The van der Waals surface area contributed by atoms with E-state index in [1.165, 1.54) is 11.8 Å². The molecule has 4 nitrogen and oxygen atoms in total. The lowest BCUT2D eigenvalue weighted by atomic mass is 10.2. The lowest BCUT2D eigenvalue weighted by Crippen LogP contribution is -2.21.